The lowest BCUT2D eigenvalue weighted by atomic mass is 9.77. The number of carbonyl (C=O) groups is 1. The lowest BCUT2D eigenvalue weighted by Crippen LogP contribution is -2.41. The molecule has 4 rings (SSSR count). The summed E-state index contributed by atoms with van der Waals surface area (Å²) in [7, 11) is -0.388. The molecule has 0 unspecified atom stereocenters. The average molecular weight is 412 g/mol. The number of halogens is 1. The van der Waals surface area contributed by atoms with Crippen molar-refractivity contribution in [1.29, 1.82) is 0 Å². The third-order valence-corrected chi connectivity index (χ3v) is 6.70. The molecule has 29 heavy (non-hydrogen) atoms. The molecule has 2 aromatic rings. The molecule has 0 N–H and O–H groups in total. The van der Waals surface area contributed by atoms with Gasteiger partial charge in [0.05, 0.1) is 17.7 Å². The number of nitrogens with zero attached hydrogens (tertiary/aromatic N) is 1. The summed E-state index contributed by atoms with van der Waals surface area (Å²) < 4.78 is 12.4. The van der Waals surface area contributed by atoms with E-state index in [-0.39, 0.29) is 24.2 Å². The van der Waals surface area contributed by atoms with Gasteiger partial charge in [0.15, 0.2) is 0 Å². The number of benzene rings is 2. The minimum absolute atomic E-state index is 0.0245. The fraction of sp³-hybridized carbons (Fsp3) is 0.435. The zero-order valence-corrected chi connectivity index (χ0v) is 18.5. The Bertz CT molecular complexity index is 957. The minimum Gasteiger partial charge on any atom is -0.399 e. The molecule has 2 heterocycles. The van der Waals surface area contributed by atoms with Crippen LogP contribution in [-0.2, 0) is 33.5 Å². The number of fused-ring (bicyclic) bond motifs is 2. The lowest BCUT2D eigenvalue weighted by molar-refractivity contribution is -0.116. The predicted molar refractivity (Wildman–Crippen MR) is 118 cm³/mol. The first-order valence-electron chi connectivity index (χ1n) is 10.1. The van der Waals surface area contributed by atoms with Gasteiger partial charge in [0.25, 0.3) is 0 Å². The third kappa shape index (κ3) is 3.72. The molecule has 2 aliphatic rings. The molecular weight excluding hydrogens is 385 g/mol. The van der Waals surface area contributed by atoms with Crippen LogP contribution in [-0.4, -0.2) is 24.2 Å². The first-order valence-corrected chi connectivity index (χ1v) is 10.5. The summed E-state index contributed by atoms with van der Waals surface area (Å²) in [4.78, 5) is 14.2. The number of aryl methyl sites for hydroxylation is 2. The van der Waals surface area contributed by atoms with Crippen molar-refractivity contribution in [3.05, 3.63) is 58.1 Å². The zero-order chi connectivity index (χ0) is 21.0. The first kappa shape index (κ1) is 20.5. The van der Waals surface area contributed by atoms with Crippen LogP contribution in [0.1, 0.15) is 51.3 Å². The van der Waals surface area contributed by atoms with Crippen molar-refractivity contribution in [1.82, 2.24) is 0 Å². The molecule has 0 bridgehead atoms. The van der Waals surface area contributed by atoms with Crippen LogP contribution < -0.4 is 10.4 Å². The smallest absolute Gasteiger partial charge is 0.399 e. The Morgan fingerprint density at radius 1 is 0.966 bits per heavy atom. The Morgan fingerprint density at radius 2 is 1.62 bits per heavy atom. The molecule has 2 aliphatic heterocycles. The largest absolute Gasteiger partial charge is 0.494 e. The van der Waals surface area contributed by atoms with Crippen LogP contribution in [0.15, 0.2) is 36.4 Å². The van der Waals surface area contributed by atoms with Crippen LogP contribution in [0.4, 0.5) is 5.69 Å². The van der Waals surface area contributed by atoms with Gasteiger partial charge < -0.3 is 14.2 Å². The van der Waals surface area contributed by atoms with Gasteiger partial charge in [-0.2, -0.15) is 0 Å². The number of rotatable bonds is 1. The molecule has 1 amide bonds. The van der Waals surface area contributed by atoms with Crippen LogP contribution >= 0.6 is 11.6 Å². The molecule has 2 aromatic carbocycles. The van der Waals surface area contributed by atoms with Crippen LogP contribution in [0.25, 0.3) is 0 Å². The monoisotopic (exact) mass is 411 g/mol. The van der Waals surface area contributed by atoms with Crippen LogP contribution in [0.2, 0.25) is 5.02 Å². The second kappa shape index (κ2) is 7.15. The number of carbonyl (C=O) groups excluding carboxylic acids is 1. The van der Waals surface area contributed by atoms with E-state index >= 15 is 0 Å². The topological polar surface area (TPSA) is 38.8 Å². The van der Waals surface area contributed by atoms with Crippen LogP contribution in [0.3, 0.4) is 0 Å². The van der Waals surface area contributed by atoms with Gasteiger partial charge in [0.2, 0.25) is 5.91 Å². The normalized spacial score (nSPS) is 19.9. The number of hydrogen-bond acceptors (Lipinski definition) is 3. The maximum atomic E-state index is 12.4. The van der Waals surface area contributed by atoms with Gasteiger partial charge in [0.1, 0.15) is 0 Å². The summed E-state index contributed by atoms with van der Waals surface area (Å²) in [5.41, 5.74) is 4.69. The van der Waals surface area contributed by atoms with Gasteiger partial charge in [-0.05, 0) is 80.9 Å². The van der Waals surface area contributed by atoms with E-state index in [2.05, 4.69) is 45.9 Å². The molecule has 0 atom stereocenters. The summed E-state index contributed by atoms with van der Waals surface area (Å²) in [5.74, 6) is 0.0245. The van der Waals surface area contributed by atoms with Crippen molar-refractivity contribution in [2.24, 2.45) is 0 Å². The number of amides is 1. The molecule has 152 valence electrons. The highest BCUT2D eigenvalue weighted by Crippen LogP contribution is 2.37. The maximum Gasteiger partial charge on any atom is 0.494 e. The van der Waals surface area contributed by atoms with Gasteiger partial charge in [-0.15, -0.1) is 0 Å². The maximum absolute atomic E-state index is 12.4. The Balaban J connectivity index is 1.69. The lowest BCUT2D eigenvalue weighted by Gasteiger charge is -2.32. The standard InChI is InChI=1S/C23H27BClNO3/c1-15(27)26-14-18-8-9-19(24-28-22(2,3)23(4,5)29-24)12-16(18)6-7-17-13-20(25)10-11-21(17)26/h8-13H,6-7,14H2,1-5H3. The van der Waals surface area contributed by atoms with Gasteiger partial charge in [-0.1, -0.05) is 29.8 Å². The van der Waals surface area contributed by atoms with E-state index in [0.717, 1.165) is 35.1 Å². The van der Waals surface area contributed by atoms with Gasteiger partial charge >= 0.3 is 7.12 Å². The quantitative estimate of drug-likeness (QED) is 0.657. The van der Waals surface area contributed by atoms with Crippen molar-refractivity contribution in [2.75, 3.05) is 4.90 Å². The fourth-order valence-corrected chi connectivity index (χ4v) is 4.18. The summed E-state index contributed by atoms with van der Waals surface area (Å²) >= 11 is 6.23. The van der Waals surface area contributed by atoms with Crippen LogP contribution in [0, 0.1) is 0 Å². The molecule has 0 aromatic heterocycles. The Labute approximate surface area is 178 Å². The van der Waals surface area contributed by atoms with Gasteiger partial charge in [-0.25, -0.2) is 0 Å². The molecule has 0 radical (unpaired) electrons. The molecule has 0 saturated carbocycles. The van der Waals surface area contributed by atoms with E-state index in [0.29, 0.717) is 11.6 Å². The number of anilines is 1. The van der Waals surface area contributed by atoms with Crippen molar-refractivity contribution in [3.63, 3.8) is 0 Å². The first-order chi connectivity index (χ1) is 13.6. The number of hydrogen-bond donors (Lipinski definition) is 0. The molecule has 1 fully saturated rings. The second-order valence-corrected chi connectivity index (χ2v) is 9.43. The van der Waals surface area contributed by atoms with E-state index in [4.69, 9.17) is 20.9 Å². The molecule has 0 spiro atoms. The summed E-state index contributed by atoms with van der Waals surface area (Å²) in [6, 6.07) is 12.1. The minimum atomic E-state index is -0.388. The Hall–Kier alpha value is -1.82. The SMILES string of the molecule is CC(=O)N1Cc2ccc(B3OC(C)(C)C(C)(C)O3)cc2CCc2cc(Cl)ccc21. The molecule has 4 nitrogen and oxygen atoms in total. The van der Waals surface area contributed by atoms with Crippen molar-refractivity contribution in [2.45, 2.75) is 65.2 Å². The summed E-state index contributed by atoms with van der Waals surface area (Å²) in [6.45, 7) is 10.4. The Morgan fingerprint density at radius 3 is 2.28 bits per heavy atom. The highest BCUT2D eigenvalue weighted by molar-refractivity contribution is 6.62. The van der Waals surface area contributed by atoms with Crippen molar-refractivity contribution >= 4 is 35.8 Å². The van der Waals surface area contributed by atoms with Crippen molar-refractivity contribution in [3.8, 4) is 0 Å². The van der Waals surface area contributed by atoms with E-state index < -0.39 is 0 Å². The molecule has 0 aliphatic carbocycles. The Kier molecular flexibility index (Phi) is 5.05. The molecular formula is C23H27BClNO3. The van der Waals surface area contributed by atoms with Crippen molar-refractivity contribution < 1.29 is 14.1 Å². The summed E-state index contributed by atoms with van der Waals surface area (Å²) in [5, 5.41) is 0.694. The predicted octanol–water partition coefficient (Wildman–Crippen LogP) is 4.29. The third-order valence-electron chi connectivity index (χ3n) is 6.46. The van der Waals surface area contributed by atoms with E-state index in [9.17, 15) is 4.79 Å². The molecule has 1 saturated heterocycles. The average Bonchev–Trinajstić information content (AvgIpc) is 2.84. The van der Waals surface area contributed by atoms with Gasteiger partial charge in [-0.3, -0.25) is 4.79 Å². The van der Waals surface area contributed by atoms with E-state index in [1.807, 2.05) is 23.1 Å². The summed E-state index contributed by atoms with van der Waals surface area (Å²) in [6.07, 6.45) is 1.70. The van der Waals surface area contributed by atoms with Crippen LogP contribution in [0.5, 0.6) is 0 Å². The van der Waals surface area contributed by atoms with E-state index in [1.165, 1.54) is 5.56 Å². The van der Waals surface area contributed by atoms with Gasteiger partial charge in [0, 0.05) is 17.6 Å². The fourth-order valence-electron chi connectivity index (χ4n) is 3.98. The van der Waals surface area contributed by atoms with E-state index in [1.54, 1.807) is 6.92 Å². The second-order valence-electron chi connectivity index (χ2n) is 8.99. The zero-order valence-electron chi connectivity index (χ0n) is 17.7. The highest BCUT2D eigenvalue weighted by Gasteiger charge is 2.51. The molecule has 6 heteroatoms. The highest BCUT2D eigenvalue weighted by atomic mass is 35.5.